The van der Waals surface area contributed by atoms with Gasteiger partial charge in [0, 0.05) is 6.54 Å². The average Bonchev–Trinajstić information content (AvgIpc) is 2.86. The summed E-state index contributed by atoms with van der Waals surface area (Å²) in [6.07, 6.45) is 3.78. The van der Waals surface area contributed by atoms with Gasteiger partial charge in [-0.1, -0.05) is 12.1 Å². The van der Waals surface area contributed by atoms with Gasteiger partial charge in [-0.15, -0.1) is 0 Å². The molecule has 0 spiro atoms. The van der Waals surface area contributed by atoms with Crippen LogP contribution in [0, 0.1) is 11.6 Å². The maximum Gasteiger partial charge on any atom is 0.340 e. The average molecular weight is 542 g/mol. The molecule has 0 amide bonds. The van der Waals surface area contributed by atoms with Gasteiger partial charge in [-0.25, -0.2) is 22.0 Å². The van der Waals surface area contributed by atoms with E-state index in [9.17, 15) is 22.0 Å². The topological polar surface area (TPSA) is 135 Å². The molecular weight excluding hydrogens is 504 g/mol. The van der Waals surface area contributed by atoms with Crippen LogP contribution in [0.1, 0.15) is 41.6 Å². The highest BCUT2D eigenvalue weighted by molar-refractivity contribution is 7.91. The number of benzene rings is 2. The Morgan fingerprint density at radius 2 is 1.51 bits per heavy atom. The Labute approximate surface area is 217 Å². The smallest absolute Gasteiger partial charge is 0.340 e. The van der Waals surface area contributed by atoms with Crippen LogP contribution in [0.4, 0.5) is 20.2 Å². The summed E-state index contributed by atoms with van der Waals surface area (Å²) >= 11 is 0. The molecule has 0 atom stereocenters. The molecule has 0 bridgehead atoms. The summed E-state index contributed by atoms with van der Waals surface area (Å²) < 4.78 is 60.2. The summed E-state index contributed by atoms with van der Waals surface area (Å²) in [6.45, 7) is 4.62. The van der Waals surface area contributed by atoms with E-state index in [0.29, 0.717) is 25.1 Å². The third-order valence-electron chi connectivity index (χ3n) is 5.41. The lowest BCUT2D eigenvalue weighted by Crippen LogP contribution is -2.22. The molecule has 0 radical (unpaired) electrons. The molecule has 206 valence electrons. The van der Waals surface area contributed by atoms with Gasteiger partial charge in [0.1, 0.15) is 11.6 Å². The van der Waals surface area contributed by atoms with E-state index in [1.54, 1.807) is 0 Å². The fourth-order valence-electron chi connectivity index (χ4n) is 3.49. The SMILES string of the molecule is COC(=O)c1cc(F)c(NCCCNCCCCNCCCN)cc1NS(=O)(=O)Cc1ccc(F)cc1. The van der Waals surface area contributed by atoms with Gasteiger partial charge in [-0.2, -0.15) is 0 Å². The van der Waals surface area contributed by atoms with Gasteiger partial charge >= 0.3 is 5.97 Å². The van der Waals surface area contributed by atoms with Gasteiger partial charge in [0.2, 0.25) is 10.0 Å². The minimum Gasteiger partial charge on any atom is -0.465 e. The molecule has 0 unspecified atom stereocenters. The maximum atomic E-state index is 14.7. The van der Waals surface area contributed by atoms with Crippen LogP contribution in [-0.4, -0.2) is 60.8 Å². The van der Waals surface area contributed by atoms with E-state index in [-0.39, 0.29) is 16.9 Å². The van der Waals surface area contributed by atoms with E-state index < -0.39 is 33.4 Å². The Morgan fingerprint density at radius 1 is 0.892 bits per heavy atom. The van der Waals surface area contributed by atoms with Gasteiger partial charge in [-0.05, 0) is 88.2 Å². The van der Waals surface area contributed by atoms with Gasteiger partial charge < -0.3 is 26.4 Å². The van der Waals surface area contributed by atoms with E-state index in [1.165, 1.54) is 18.2 Å². The molecule has 12 heteroatoms. The number of methoxy groups -OCH3 is 1. The quantitative estimate of drug-likeness (QED) is 0.144. The molecule has 2 aromatic rings. The van der Waals surface area contributed by atoms with Crippen molar-refractivity contribution in [2.45, 2.75) is 31.4 Å². The van der Waals surface area contributed by atoms with Crippen molar-refractivity contribution in [2.75, 3.05) is 56.4 Å². The molecule has 0 fully saturated rings. The van der Waals surface area contributed by atoms with Gasteiger partial charge in [0.05, 0.1) is 29.8 Å². The summed E-state index contributed by atoms with van der Waals surface area (Å²) in [7, 11) is -2.87. The molecule has 0 aliphatic carbocycles. The molecule has 0 aromatic heterocycles. The number of esters is 1. The zero-order valence-corrected chi connectivity index (χ0v) is 21.9. The number of halogens is 2. The summed E-state index contributed by atoms with van der Waals surface area (Å²) in [5, 5.41) is 9.61. The highest BCUT2D eigenvalue weighted by Crippen LogP contribution is 2.27. The second kappa shape index (κ2) is 16.1. The number of sulfonamides is 1. The molecule has 6 N–H and O–H groups in total. The third-order valence-corrected chi connectivity index (χ3v) is 6.65. The Bertz CT molecular complexity index is 1090. The zero-order chi connectivity index (χ0) is 27.1. The van der Waals surface area contributed by atoms with Crippen molar-refractivity contribution < 1.29 is 26.7 Å². The predicted octanol–water partition coefficient (Wildman–Crippen LogP) is 2.80. The number of carbonyl (C=O) groups is 1. The maximum absolute atomic E-state index is 14.7. The lowest BCUT2D eigenvalue weighted by Gasteiger charge is -2.15. The van der Waals surface area contributed by atoms with E-state index in [1.807, 2.05) is 0 Å². The fraction of sp³-hybridized carbons (Fsp3) is 0.480. The highest BCUT2D eigenvalue weighted by Gasteiger charge is 2.21. The number of unbranched alkanes of at least 4 members (excludes halogenated alkanes) is 1. The van der Waals surface area contributed by atoms with E-state index >= 15 is 0 Å². The highest BCUT2D eigenvalue weighted by atomic mass is 32.2. The van der Waals surface area contributed by atoms with E-state index in [2.05, 4.69) is 25.4 Å². The minimum absolute atomic E-state index is 0.0516. The summed E-state index contributed by atoms with van der Waals surface area (Å²) in [6, 6.07) is 7.17. The second-order valence-corrected chi connectivity index (χ2v) is 10.2. The molecule has 0 heterocycles. The van der Waals surface area contributed by atoms with Gasteiger partial charge in [-0.3, -0.25) is 4.72 Å². The van der Waals surface area contributed by atoms with Crippen LogP contribution in [0.5, 0.6) is 0 Å². The zero-order valence-electron chi connectivity index (χ0n) is 21.1. The molecule has 2 aromatic carbocycles. The molecule has 9 nitrogen and oxygen atoms in total. The first-order valence-electron chi connectivity index (χ1n) is 12.3. The number of anilines is 2. The lowest BCUT2D eigenvalue weighted by molar-refractivity contribution is 0.0601. The third kappa shape index (κ3) is 11.4. The van der Waals surface area contributed by atoms with Crippen molar-refractivity contribution in [1.82, 2.24) is 10.6 Å². The number of nitrogens with one attached hydrogen (secondary N) is 4. The largest absolute Gasteiger partial charge is 0.465 e. The second-order valence-electron chi connectivity index (χ2n) is 8.49. The number of carbonyl (C=O) groups excluding carboxylic acids is 1. The van der Waals surface area contributed by atoms with Gasteiger partial charge in [0.15, 0.2) is 0 Å². The van der Waals surface area contributed by atoms with Crippen LogP contribution in [0.2, 0.25) is 0 Å². The van der Waals surface area contributed by atoms with Crippen LogP contribution in [0.15, 0.2) is 36.4 Å². The summed E-state index contributed by atoms with van der Waals surface area (Å²) in [5.41, 5.74) is 5.48. The Hall–Kier alpha value is -2.80. The van der Waals surface area contributed by atoms with E-state index in [4.69, 9.17) is 5.73 Å². The summed E-state index contributed by atoms with van der Waals surface area (Å²) in [5.74, 6) is -2.54. The molecular formula is C25H37F2N5O4S. The van der Waals surface area contributed by atoms with Crippen LogP contribution in [-0.2, 0) is 20.5 Å². The van der Waals surface area contributed by atoms with E-state index in [0.717, 1.165) is 70.8 Å². The molecule has 37 heavy (non-hydrogen) atoms. The Morgan fingerprint density at radius 3 is 2.14 bits per heavy atom. The number of nitrogens with two attached hydrogens (primary N) is 1. The van der Waals surface area contributed by atoms with Crippen molar-refractivity contribution in [2.24, 2.45) is 5.73 Å². The van der Waals surface area contributed by atoms with Crippen LogP contribution >= 0.6 is 0 Å². The van der Waals surface area contributed by atoms with Crippen LogP contribution in [0.3, 0.4) is 0 Å². The first-order valence-corrected chi connectivity index (χ1v) is 13.9. The molecule has 0 aliphatic heterocycles. The Kier molecular flexibility index (Phi) is 13.3. The first-order chi connectivity index (χ1) is 17.8. The number of hydrogen-bond acceptors (Lipinski definition) is 8. The predicted molar refractivity (Wildman–Crippen MR) is 142 cm³/mol. The molecule has 2 rings (SSSR count). The first kappa shape index (κ1) is 30.4. The Balaban J connectivity index is 1.90. The fourth-order valence-corrected chi connectivity index (χ4v) is 4.70. The van der Waals surface area contributed by atoms with Crippen molar-refractivity contribution in [3.8, 4) is 0 Å². The molecule has 0 saturated carbocycles. The van der Waals surface area contributed by atoms with Gasteiger partial charge in [0.25, 0.3) is 0 Å². The normalized spacial score (nSPS) is 11.4. The summed E-state index contributed by atoms with van der Waals surface area (Å²) in [4.78, 5) is 12.1. The standard InChI is InChI=1S/C25H37F2N5O4S/c1-36-25(33)21-16-22(27)24(31-15-5-14-30-12-3-2-11-29-13-4-10-28)17-23(21)32-37(34,35)18-19-6-8-20(26)9-7-19/h6-9,16-17,29-32H,2-5,10-15,18,28H2,1H3. The van der Waals surface area contributed by atoms with Crippen molar-refractivity contribution in [1.29, 1.82) is 0 Å². The molecule has 0 saturated heterocycles. The number of hydrogen-bond donors (Lipinski definition) is 5. The van der Waals surface area contributed by atoms with Crippen molar-refractivity contribution >= 4 is 27.4 Å². The van der Waals surface area contributed by atoms with Crippen LogP contribution < -0.4 is 26.4 Å². The number of ether oxygens (including phenoxy) is 1. The lowest BCUT2D eigenvalue weighted by atomic mass is 10.1. The monoisotopic (exact) mass is 541 g/mol. The van der Waals surface area contributed by atoms with Crippen LogP contribution in [0.25, 0.3) is 0 Å². The number of rotatable bonds is 18. The van der Waals surface area contributed by atoms with Crippen molar-refractivity contribution in [3.05, 3.63) is 59.2 Å². The van der Waals surface area contributed by atoms with Crippen molar-refractivity contribution in [3.63, 3.8) is 0 Å². The molecule has 0 aliphatic rings. The minimum atomic E-state index is -3.99.